The van der Waals surface area contributed by atoms with Gasteiger partial charge >= 0.3 is 0 Å². The second kappa shape index (κ2) is 10.9. The number of carbonyl (C=O) groups excluding carboxylic acids is 1. The lowest BCUT2D eigenvalue weighted by molar-refractivity contribution is 0.0849. The Morgan fingerprint density at radius 2 is 1.98 bits per heavy atom. The molecule has 2 atom stereocenters. The standard InChI is InChI=1S/C27H24F2N8O3/c1-16(13-37-15-31-14-34-37)40-22-7-17(3-4-19(22)10-30)20-11-32-26(33-12-20)35-21-6-5-18(8-23(21)39-2)25(38)36-24-9-27(24,28)29/h3-8,11-12,14-16,24H,9,13H2,1-2H3,(H,36,38)(H,32,33,35). The molecule has 11 nitrogen and oxygen atoms in total. The number of nitrogens with zero attached hydrogens (tertiary/aromatic N) is 6. The number of alkyl halides is 2. The highest BCUT2D eigenvalue weighted by Gasteiger charge is 2.57. The lowest BCUT2D eigenvalue weighted by Crippen LogP contribution is -2.29. The Labute approximate surface area is 227 Å². The predicted molar refractivity (Wildman–Crippen MR) is 139 cm³/mol. The lowest BCUT2D eigenvalue weighted by atomic mass is 10.1. The highest BCUT2D eigenvalue weighted by Crippen LogP contribution is 2.42. The summed E-state index contributed by atoms with van der Waals surface area (Å²) in [5.74, 6) is -2.45. The molecule has 1 aliphatic rings. The molecule has 2 aromatic heterocycles. The Bertz CT molecular complexity index is 1560. The molecule has 4 aromatic rings. The number of anilines is 2. The number of hydrogen-bond donors (Lipinski definition) is 2. The number of ether oxygens (including phenoxy) is 2. The summed E-state index contributed by atoms with van der Waals surface area (Å²) < 4.78 is 39.3. The highest BCUT2D eigenvalue weighted by molar-refractivity contribution is 5.96. The third-order valence-electron chi connectivity index (χ3n) is 6.17. The number of rotatable bonds is 10. The van der Waals surface area contributed by atoms with Crippen molar-refractivity contribution in [3.63, 3.8) is 0 Å². The average molecular weight is 547 g/mol. The Morgan fingerprint density at radius 1 is 1.20 bits per heavy atom. The fourth-order valence-electron chi connectivity index (χ4n) is 3.95. The molecular weight excluding hydrogens is 522 g/mol. The van der Waals surface area contributed by atoms with Gasteiger partial charge in [-0.1, -0.05) is 6.07 Å². The Balaban J connectivity index is 1.27. The van der Waals surface area contributed by atoms with Gasteiger partial charge in [-0.25, -0.2) is 28.4 Å². The van der Waals surface area contributed by atoms with Gasteiger partial charge in [0.15, 0.2) is 0 Å². The van der Waals surface area contributed by atoms with Crippen LogP contribution in [0.25, 0.3) is 11.1 Å². The molecule has 2 aromatic carbocycles. The van der Waals surface area contributed by atoms with Crippen molar-refractivity contribution in [3.05, 3.63) is 72.6 Å². The number of aromatic nitrogens is 5. The van der Waals surface area contributed by atoms with Crippen molar-refractivity contribution in [1.82, 2.24) is 30.0 Å². The maximum absolute atomic E-state index is 13.1. The van der Waals surface area contributed by atoms with Gasteiger partial charge in [0.2, 0.25) is 5.95 Å². The molecule has 2 heterocycles. The summed E-state index contributed by atoms with van der Waals surface area (Å²) in [4.78, 5) is 25.0. The van der Waals surface area contributed by atoms with Gasteiger partial charge in [-0.05, 0) is 42.8 Å². The summed E-state index contributed by atoms with van der Waals surface area (Å²) in [6.07, 6.45) is 5.63. The number of benzene rings is 2. The van der Waals surface area contributed by atoms with Crippen LogP contribution in [0.3, 0.4) is 0 Å². The van der Waals surface area contributed by atoms with E-state index in [9.17, 15) is 18.8 Å². The van der Waals surface area contributed by atoms with Crippen molar-refractivity contribution in [3.8, 4) is 28.7 Å². The summed E-state index contributed by atoms with van der Waals surface area (Å²) in [6, 6.07) is 10.7. The molecule has 5 rings (SSSR count). The first-order chi connectivity index (χ1) is 19.3. The second-order valence-electron chi connectivity index (χ2n) is 9.20. The number of nitriles is 1. The monoisotopic (exact) mass is 546 g/mol. The van der Waals surface area contributed by atoms with Gasteiger partial charge in [0.05, 0.1) is 30.9 Å². The quantitative estimate of drug-likeness (QED) is 0.302. The van der Waals surface area contributed by atoms with Crippen molar-refractivity contribution in [2.24, 2.45) is 0 Å². The zero-order chi connectivity index (χ0) is 28.3. The average Bonchev–Trinajstić information content (AvgIpc) is 3.28. The molecule has 1 saturated carbocycles. The number of methoxy groups -OCH3 is 1. The van der Waals surface area contributed by atoms with Crippen LogP contribution in [0.1, 0.15) is 29.3 Å². The Kier molecular flexibility index (Phi) is 7.24. The van der Waals surface area contributed by atoms with Crippen LogP contribution in [0.2, 0.25) is 0 Å². The molecular formula is C27H24F2N8O3. The van der Waals surface area contributed by atoms with Gasteiger partial charge < -0.3 is 20.1 Å². The zero-order valence-electron chi connectivity index (χ0n) is 21.5. The Morgan fingerprint density at radius 3 is 2.62 bits per heavy atom. The number of carbonyl (C=O) groups is 1. The Hall–Kier alpha value is -5.12. The summed E-state index contributed by atoms with van der Waals surface area (Å²) >= 11 is 0. The predicted octanol–water partition coefficient (Wildman–Crippen LogP) is 3.96. The SMILES string of the molecule is COc1cc(C(=O)NC2CC2(F)F)ccc1Nc1ncc(-c2ccc(C#N)c(OC(C)Cn3cncn3)c2)cn1. The van der Waals surface area contributed by atoms with Crippen LogP contribution in [0.15, 0.2) is 61.4 Å². The van der Waals surface area contributed by atoms with E-state index in [0.29, 0.717) is 34.9 Å². The van der Waals surface area contributed by atoms with E-state index in [1.54, 1.807) is 47.7 Å². The summed E-state index contributed by atoms with van der Waals surface area (Å²) in [5.41, 5.74) is 2.51. The first-order valence-corrected chi connectivity index (χ1v) is 12.2. The first kappa shape index (κ1) is 26.5. The van der Waals surface area contributed by atoms with E-state index in [1.807, 2.05) is 6.92 Å². The molecule has 2 N–H and O–H groups in total. The molecule has 2 unspecified atom stereocenters. The normalized spacial score (nSPS) is 15.9. The van der Waals surface area contributed by atoms with Crippen molar-refractivity contribution in [2.45, 2.75) is 38.0 Å². The molecule has 1 fully saturated rings. The van der Waals surface area contributed by atoms with Gasteiger partial charge in [-0.2, -0.15) is 10.4 Å². The van der Waals surface area contributed by atoms with Crippen LogP contribution in [-0.2, 0) is 6.54 Å². The van der Waals surface area contributed by atoms with Crippen LogP contribution in [0.5, 0.6) is 11.5 Å². The number of hydrogen-bond acceptors (Lipinski definition) is 9. The molecule has 1 aliphatic carbocycles. The number of amides is 1. The fourth-order valence-corrected chi connectivity index (χ4v) is 3.95. The largest absolute Gasteiger partial charge is 0.495 e. The fraction of sp³-hybridized carbons (Fsp3) is 0.259. The molecule has 1 amide bonds. The minimum absolute atomic E-state index is 0.191. The van der Waals surface area contributed by atoms with E-state index in [4.69, 9.17) is 9.47 Å². The van der Waals surface area contributed by atoms with Crippen LogP contribution in [0.4, 0.5) is 20.4 Å². The minimum atomic E-state index is -2.85. The van der Waals surface area contributed by atoms with E-state index in [2.05, 4.69) is 36.8 Å². The molecule has 0 radical (unpaired) electrons. The van der Waals surface area contributed by atoms with Crippen LogP contribution in [-0.4, -0.2) is 55.8 Å². The lowest BCUT2D eigenvalue weighted by Gasteiger charge is -2.16. The van der Waals surface area contributed by atoms with Crippen molar-refractivity contribution in [1.29, 1.82) is 5.26 Å². The molecule has 0 saturated heterocycles. The smallest absolute Gasteiger partial charge is 0.270 e. The number of nitrogens with one attached hydrogen (secondary N) is 2. The second-order valence-corrected chi connectivity index (χ2v) is 9.20. The maximum atomic E-state index is 13.1. The van der Waals surface area contributed by atoms with Crippen molar-refractivity contribution in [2.75, 3.05) is 12.4 Å². The third kappa shape index (κ3) is 5.96. The number of halogens is 2. The van der Waals surface area contributed by atoms with Gasteiger partial charge in [0.25, 0.3) is 11.8 Å². The molecule has 204 valence electrons. The van der Waals surface area contributed by atoms with Gasteiger partial charge in [-0.3, -0.25) is 4.79 Å². The summed E-state index contributed by atoms with van der Waals surface area (Å²) in [6.45, 7) is 2.34. The van der Waals surface area contributed by atoms with Gasteiger partial charge in [0, 0.05) is 29.9 Å². The van der Waals surface area contributed by atoms with E-state index < -0.39 is 17.9 Å². The first-order valence-electron chi connectivity index (χ1n) is 12.2. The third-order valence-corrected chi connectivity index (χ3v) is 6.17. The van der Waals surface area contributed by atoms with E-state index in [1.165, 1.54) is 25.6 Å². The molecule has 0 bridgehead atoms. The molecule has 0 aliphatic heterocycles. The van der Waals surface area contributed by atoms with Crippen molar-refractivity contribution < 1.29 is 23.0 Å². The van der Waals surface area contributed by atoms with Gasteiger partial charge in [-0.15, -0.1) is 0 Å². The topological polar surface area (TPSA) is 140 Å². The maximum Gasteiger partial charge on any atom is 0.270 e. The summed E-state index contributed by atoms with van der Waals surface area (Å²) in [5, 5.41) is 18.9. The van der Waals surface area contributed by atoms with E-state index in [0.717, 1.165) is 5.56 Å². The van der Waals surface area contributed by atoms with E-state index >= 15 is 0 Å². The van der Waals surface area contributed by atoms with Crippen LogP contribution < -0.4 is 20.1 Å². The minimum Gasteiger partial charge on any atom is -0.495 e. The molecule has 40 heavy (non-hydrogen) atoms. The molecule has 0 spiro atoms. The summed E-state index contributed by atoms with van der Waals surface area (Å²) in [7, 11) is 1.43. The zero-order valence-corrected chi connectivity index (χ0v) is 21.5. The van der Waals surface area contributed by atoms with Crippen LogP contribution >= 0.6 is 0 Å². The van der Waals surface area contributed by atoms with Gasteiger partial charge in [0.1, 0.15) is 36.3 Å². The van der Waals surface area contributed by atoms with Crippen LogP contribution in [0, 0.1) is 11.3 Å². The molecule has 13 heteroatoms. The highest BCUT2D eigenvalue weighted by atomic mass is 19.3. The van der Waals surface area contributed by atoms with E-state index in [-0.39, 0.29) is 24.0 Å². The van der Waals surface area contributed by atoms with Crippen molar-refractivity contribution >= 4 is 17.5 Å².